The Morgan fingerprint density at radius 1 is 0.756 bits per heavy atom. The van der Waals surface area contributed by atoms with Gasteiger partial charge < -0.3 is 35.0 Å². The fourth-order valence-electron chi connectivity index (χ4n) is 4.52. The molecule has 1 amide bonds. The lowest BCUT2D eigenvalue weighted by Gasteiger charge is -2.21. The van der Waals surface area contributed by atoms with Crippen LogP contribution in [0.1, 0.15) is 27.1 Å². The Morgan fingerprint density at radius 3 is 1.80 bits per heavy atom. The summed E-state index contributed by atoms with van der Waals surface area (Å²) in [5.74, 6) is -5.63. The number of pyridine rings is 1. The zero-order valence-corrected chi connectivity index (χ0v) is 23.7. The molecular formula is C32H29N3O10. The van der Waals surface area contributed by atoms with Crippen LogP contribution in [0, 0.1) is 0 Å². The summed E-state index contributed by atoms with van der Waals surface area (Å²) in [4.78, 5) is 63.3. The maximum Gasteiger partial charge on any atom is 0.407 e. The average Bonchev–Trinajstić information content (AvgIpc) is 3.52. The molecule has 1 aliphatic rings. The van der Waals surface area contributed by atoms with Crippen molar-refractivity contribution in [2.75, 3.05) is 18.4 Å². The fraction of sp³-hybridized carbons (Fsp3) is 0.188. The summed E-state index contributed by atoms with van der Waals surface area (Å²) < 4.78 is 9.52. The second-order valence-electron chi connectivity index (χ2n) is 9.82. The minimum atomic E-state index is -2.21. The first-order valence-electron chi connectivity index (χ1n) is 13.7. The molecule has 1 unspecified atom stereocenters. The summed E-state index contributed by atoms with van der Waals surface area (Å²) in [5, 5.41) is 33.1. The summed E-state index contributed by atoms with van der Waals surface area (Å²) >= 11 is 0. The van der Waals surface area contributed by atoms with Gasteiger partial charge in [0.2, 0.25) is 12.2 Å². The van der Waals surface area contributed by atoms with Crippen LogP contribution < -0.4 is 5.32 Å². The van der Waals surface area contributed by atoms with Crippen molar-refractivity contribution >= 4 is 46.4 Å². The van der Waals surface area contributed by atoms with Gasteiger partial charge in [-0.2, -0.15) is 0 Å². The van der Waals surface area contributed by atoms with E-state index in [0.29, 0.717) is 13.1 Å². The quantitative estimate of drug-likeness (QED) is 0.198. The third-order valence-corrected chi connectivity index (χ3v) is 6.75. The number of aromatic nitrogens is 1. The summed E-state index contributed by atoms with van der Waals surface area (Å²) in [6.07, 6.45) is -0.828. The summed E-state index contributed by atoms with van der Waals surface area (Å²) in [5.41, 5.74) is 1.09. The Hall–Kier alpha value is -5.98. The third-order valence-electron chi connectivity index (χ3n) is 6.75. The zero-order chi connectivity index (χ0) is 32.3. The molecule has 1 aromatic heterocycles. The van der Waals surface area contributed by atoms with Crippen LogP contribution in [0.25, 0.3) is 10.8 Å². The SMILES string of the molecule is O=C(O)N1CCC(Nc2cccc3cnccc23)C1.O=C(O[C@H](C(=O)O)[C@H](OC(=O)c1ccccc1)C(=O)O)c1ccccc1. The highest BCUT2D eigenvalue weighted by Crippen LogP contribution is 2.24. The molecular weight excluding hydrogens is 586 g/mol. The van der Waals surface area contributed by atoms with E-state index < -0.39 is 42.2 Å². The highest BCUT2D eigenvalue weighted by Gasteiger charge is 2.41. The predicted molar refractivity (Wildman–Crippen MR) is 160 cm³/mol. The van der Waals surface area contributed by atoms with Crippen molar-refractivity contribution in [3.05, 3.63) is 108 Å². The highest BCUT2D eigenvalue weighted by atomic mass is 16.6. The second kappa shape index (κ2) is 15.0. The number of benzene rings is 3. The summed E-state index contributed by atoms with van der Waals surface area (Å²) in [6, 6.07) is 23.0. The van der Waals surface area contributed by atoms with Crippen molar-refractivity contribution in [3.8, 4) is 0 Å². The topological polar surface area (TPSA) is 193 Å². The van der Waals surface area contributed by atoms with E-state index in [1.165, 1.54) is 53.4 Å². The summed E-state index contributed by atoms with van der Waals surface area (Å²) in [7, 11) is 0. The van der Waals surface area contributed by atoms with Gasteiger partial charge in [-0.3, -0.25) is 4.98 Å². The van der Waals surface area contributed by atoms with Gasteiger partial charge in [0.15, 0.2) is 0 Å². The van der Waals surface area contributed by atoms with E-state index in [-0.39, 0.29) is 17.2 Å². The van der Waals surface area contributed by atoms with E-state index in [0.717, 1.165) is 22.9 Å². The van der Waals surface area contributed by atoms with Crippen LogP contribution in [-0.4, -0.2) is 86.5 Å². The molecule has 0 saturated carbocycles. The number of nitrogens with zero attached hydrogens (tertiary/aromatic N) is 2. The number of aliphatic carboxylic acids is 2. The van der Waals surface area contributed by atoms with Gasteiger partial charge >= 0.3 is 30.0 Å². The van der Waals surface area contributed by atoms with Gasteiger partial charge in [-0.05, 0) is 42.8 Å². The first-order chi connectivity index (χ1) is 21.6. The first-order valence-corrected chi connectivity index (χ1v) is 13.7. The zero-order valence-electron chi connectivity index (χ0n) is 23.7. The lowest BCUT2D eigenvalue weighted by Crippen LogP contribution is -2.45. The van der Waals surface area contributed by atoms with Crippen LogP contribution in [0.2, 0.25) is 0 Å². The average molecular weight is 616 g/mol. The smallest absolute Gasteiger partial charge is 0.407 e. The normalized spacial score (nSPS) is 15.1. The number of carboxylic acid groups (broad SMARTS) is 3. The number of fused-ring (bicyclic) bond motifs is 1. The predicted octanol–water partition coefficient (Wildman–Crippen LogP) is 4.01. The summed E-state index contributed by atoms with van der Waals surface area (Å²) in [6.45, 7) is 1.14. The number of rotatable bonds is 9. The number of carbonyl (C=O) groups is 5. The molecule has 3 aromatic carbocycles. The van der Waals surface area contributed by atoms with Gasteiger partial charge in [0, 0.05) is 48.0 Å². The Kier molecular flexibility index (Phi) is 10.6. The number of carboxylic acids is 2. The van der Waals surface area contributed by atoms with Crippen LogP contribution in [0.5, 0.6) is 0 Å². The maximum absolute atomic E-state index is 12.0. The Bertz CT molecular complexity index is 1590. The minimum Gasteiger partial charge on any atom is -0.478 e. The van der Waals surface area contributed by atoms with Crippen LogP contribution >= 0.6 is 0 Å². The third kappa shape index (κ3) is 8.54. The van der Waals surface area contributed by atoms with E-state index in [4.69, 9.17) is 14.6 Å². The van der Waals surface area contributed by atoms with Gasteiger partial charge in [0.1, 0.15) is 0 Å². The number of nitrogens with one attached hydrogen (secondary N) is 1. The monoisotopic (exact) mass is 615 g/mol. The molecule has 0 spiro atoms. The van der Waals surface area contributed by atoms with E-state index in [1.807, 2.05) is 30.5 Å². The molecule has 13 heteroatoms. The Labute approximate surface area is 256 Å². The number of hydrogen-bond acceptors (Lipinski definition) is 9. The van der Waals surface area contributed by atoms with Gasteiger partial charge in [-0.15, -0.1) is 0 Å². The Morgan fingerprint density at radius 2 is 1.31 bits per heavy atom. The van der Waals surface area contributed by atoms with E-state index in [9.17, 15) is 34.2 Å². The van der Waals surface area contributed by atoms with E-state index in [1.54, 1.807) is 18.3 Å². The van der Waals surface area contributed by atoms with Crippen molar-refractivity contribution in [3.63, 3.8) is 0 Å². The molecule has 3 atom stereocenters. The number of amides is 1. The van der Waals surface area contributed by atoms with Crippen LogP contribution in [0.4, 0.5) is 10.5 Å². The largest absolute Gasteiger partial charge is 0.478 e. The highest BCUT2D eigenvalue weighted by molar-refractivity contribution is 5.95. The van der Waals surface area contributed by atoms with Crippen LogP contribution in [0.15, 0.2) is 97.3 Å². The number of anilines is 1. The number of esters is 2. The standard InChI is InChI=1S/C18H14O8.C14H15N3O2/c19-15(20)13(25-17(23)11-7-3-1-4-8-11)14(16(21)22)26-18(24)12-9-5-2-6-10-12;18-14(19)17-7-5-11(9-17)16-13-3-1-2-10-8-15-6-4-12(10)13/h1-10,13-14H,(H,19,20)(H,21,22);1-4,6,8,11,16H,5,7,9H2,(H,18,19)/t13-,14-;/m0./s1. The van der Waals surface area contributed by atoms with Gasteiger partial charge in [-0.1, -0.05) is 48.5 Å². The molecule has 1 aliphatic heterocycles. The molecule has 0 bridgehead atoms. The van der Waals surface area contributed by atoms with Gasteiger partial charge in [-0.25, -0.2) is 24.0 Å². The lowest BCUT2D eigenvalue weighted by molar-refractivity contribution is -0.166. The number of likely N-dealkylation sites (tertiary alicyclic amines) is 1. The molecule has 1 saturated heterocycles. The van der Waals surface area contributed by atoms with Crippen LogP contribution in [-0.2, 0) is 19.1 Å². The van der Waals surface area contributed by atoms with E-state index >= 15 is 0 Å². The molecule has 45 heavy (non-hydrogen) atoms. The second-order valence-corrected chi connectivity index (χ2v) is 9.82. The van der Waals surface area contributed by atoms with E-state index in [2.05, 4.69) is 10.3 Å². The molecule has 0 radical (unpaired) electrons. The molecule has 5 rings (SSSR count). The number of ether oxygens (including phenoxy) is 2. The molecule has 4 N–H and O–H groups in total. The van der Waals surface area contributed by atoms with Crippen molar-refractivity contribution < 1.29 is 48.8 Å². The lowest BCUT2D eigenvalue weighted by atomic mass is 10.1. The van der Waals surface area contributed by atoms with Crippen LogP contribution in [0.3, 0.4) is 0 Å². The molecule has 1 fully saturated rings. The van der Waals surface area contributed by atoms with Crippen molar-refractivity contribution in [2.45, 2.75) is 24.7 Å². The molecule has 13 nitrogen and oxygen atoms in total. The van der Waals surface area contributed by atoms with Gasteiger partial charge in [0.25, 0.3) is 0 Å². The van der Waals surface area contributed by atoms with Gasteiger partial charge in [0.05, 0.1) is 11.1 Å². The Balaban J connectivity index is 0.000000214. The number of hydrogen-bond donors (Lipinski definition) is 4. The molecule has 2 heterocycles. The molecule has 4 aromatic rings. The number of carbonyl (C=O) groups excluding carboxylic acids is 2. The fourth-order valence-corrected chi connectivity index (χ4v) is 4.52. The molecule has 0 aliphatic carbocycles. The first kappa shape index (κ1) is 31.9. The van der Waals surface area contributed by atoms with Crippen molar-refractivity contribution in [1.82, 2.24) is 9.88 Å². The van der Waals surface area contributed by atoms with Crippen molar-refractivity contribution in [1.29, 1.82) is 0 Å². The molecule has 232 valence electrons. The minimum absolute atomic E-state index is 0.0253. The maximum atomic E-state index is 12.0. The van der Waals surface area contributed by atoms with Crippen molar-refractivity contribution in [2.24, 2.45) is 0 Å².